The van der Waals surface area contributed by atoms with Crippen molar-refractivity contribution in [3.8, 4) is 29.6 Å². The lowest BCUT2D eigenvalue weighted by molar-refractivity contribution is 0.297. The van der Waals surface area contributed by atoms with Crippen molar-refractivity contribution >= 4 is 12.5 Å². The van der Waals surface area contributed by atoms with E-state index < -0.39 is 6.04 Å². The summed E-state index contributed by atoms with van der Waals surface area (Å²) >= 11 is 0. The highest BCUT2D eigenvalue weighted by Gasteiger charge is 2.15. The van der Waals surface area contributed by atoms with Crippen LogP contribution in [0, 0.1) is 34.0 Å². The minimum atomic E-state index is -0.500. The van der Waals surface area contributed by atoms with E-state index in [4.69, 9.17) is 20.0 Å². The molecule has 0 N–H and O–H groups in total. The van der Waals surface area contributed by atoms with Crippen LogP contribution in [0.25, 0.3) is 23.9 Å². The lowest BCUT2D eigenvalue weighted by atomic mass is 10.2. The highest BCUT2D eigenvalue weighted by molar-refractivity contribution is 5.56. The minimum Gasteiger partial charge on any atom is -0.498 e. The van der Waals surface area contributed by atoms with Crippen molar-refractivity contribution in [3.05, 3.63) is 41.0 Å². The molecule has 0 aliphatic rings. The Morgan fingerprint density at radius 1 is 1.04 bits per heavy atom. The van der Waals surface area contributed by atoms with Crippen LogP contribution in [0.3, 0.4) is 0 Å². The molecule has 0 fully saturated rings. The third-order valence-electron chi connectivity index (χ3n) is 3.64. The molecule has 0 saturated heterocycles. The second kappa shape index (κ2) is 10.3. The van der Waals surface area contributed by atoms with Gasteiger partial charge in [-0.25, -0.2) is 4.98 Å². The molecule has 0 radical (unpaired) electrons. The molecule has 7 heteroatoms. The summed E-state index contributed by atoms with van der Waals surface area (Å²) in [5, 5.41) is 27.8. The number of benzene rings is 1. The van der Waals surface area contributed by atoms with Crippen molar-refractivity contribution in [3.63, 3.8) is 0 Å². The molecule has 2 rings (SSSR count). The van der Waals surface area contributed by atoms with Gasteiger partial charge < -0.3 is 14.0 Å². The fourth-order valence-corrected chi connectivity index (χ4v) is 2.39. The van der Waals surface area contributed by atoms with Gasteiger partial charge in [-0.15, -0.1) is 0 Å². The Kier molecular flexibility index (Phi) is 7.45. The number of rotatable bonds is 8. The third-order valence-corrected chi connectivity index (χ3v) is 3.64. The zero-order chi connectivity index (χ0) is 19.5. The van der Waals surface area contributed by atoms with E-state index in [1.165, 1.54) is 12.5 Å². The Labute approximate surface area is 157 Å². The van der Waals surface area contributed by atoms with Gasteiger partial charge in [0.15, 0.2) is 0 Å². The first kappa shape index (κ1) is 19.6. The standard InChI is InChI=1S/C20H19N5O2/c1-16(13-23)25-19(15-27-12-6-10-22)18(14-26-11-5-9-21)24-20(25)17-7-3-2-4-8-17/h2-4,7-8,14-16H,5-6,11-12H2,1H3. The van der Waals surface area contributed by atoms with E-state index in [1.807, 2.05) is 42.5 Å². The fourth-order valence-electron chi connectivity index (χ4n) is 2.39. The Balaban J connectivity index is 2.61. The van der Waals surface area contributed by atoms with Crippen molar-refractivity contribution in [2.75, 3.05) is 13.2 Å². The van der Waals surface area contributed by atoms with Crippen molar-refractivity contribution in [1.29, 1.82) is 15.8 Å². The first-order valence-electron chi connectivity index (χ1n) is 8.43. The normalized spacial score (nSPS) is 12.7. The van der Waals surface area contributed by atoms with Crippen LogP contribution in [-0.4, -0.2) is 22.8 Å². The zero-order valence-corrected chi connectivity index (χ0v) is 15.0. The first-order chi connectivity index (χ1) is 13.2. The molecule has 27 heavy (non-hydrogen) atoms. The monoisotopic (exact) mass is 361 g/mol. The summed E-state index contributed by atoms with van der Waals surface area (Å²) in [5.74, 6) is 0.606. The van der Waals surface area contributed by atoms with Gasteiger partial charge in [0.1, 0.15) is 48.3 Å². The van der Waals surface area contributed by atoms with Gasteiger partial charge in [-0.3, -0.25) is 0 Å². The van der Waals surface area contributed by atoms with Crippen LogP contribution in [0.1, 0.15) is 25.8 Å². The molecule has 1 aromatic heterocycles. The molecule has 1 atom stereocenters. The van der Waals surface area contributed by atoms with E-state index >= 15 is 0 Å². The summed E-state index contributed by atoms with van der Waals surface area (Å²) in [6.45, 7) is 2.24. The number of nitriles is 3. The van der Waals surface area contributed by atoms with Crippen molar-refractivity contribution in [2.45, 2.75) is 25.8 Å². The largest absolute Gasteiger partial charge is 0.498 e. The molecular formula is C20H19N5O2. The molecule has 0 spiro atoms. The Morgan fingerprint density at radius 3 is 2.26 bits per heavy atom. The lowest BCUT2D eigenvalue weighted by Crippen LogP contribution is -2.32. The quantitative estimate of drug-likeness (QED) is 0.665. The number of hydrogen-bond acceptors (Lipinski definition) is 6. The maximum Gasteiger partial charge on any atom is 0.142 e. The molecule has 0 aliphatic heterocycles. The third kappa shape index (κ3) is 5.11. The highest BCUT2D eigenvalue weighted by Crippen LogP contribution is 2.17. The van der Waals surface area contributed by atoms with Crippen LogP contribution in [-0.2, 0) is 9.47 Å². The van der Waals surface area contributed by atoms with Crippen LogP contribution in [0.2, 0.25) is 0 Å². The molecule has 7 nitrogen and oxygen atoms in total. The van der Waals surface area contributed by atoms with Gasteiger partial charge in [0.25, 0.3) is 0 Å². The van der Waals surface area contributed by atoms with Crippen LogP contribution >= 0.6 is 0 Å². The van der Waals surface area contributed by atoms with Crippen molar-refractivity contribution in [1.82, 2.24) is 9.55 Å². The molecule has 1 unspecified atom stereocenters. The molecule has 1 aromatic carbocycles. The van der Waals surface area contributed by atoms with Crippen LogP contribution in [0.4, 0.5) is 0 Å². The van der Waals surface area contributed by atoms with Crippen molar-refractivity contribution in [2.24, 2.45) is 0 Å². The van der Waals surface area contributed by atoms with Gasteiger partial charge in [0.05, 0.1) is 31.0 Å². The maximum absolute atomic E-state index is 9.48. The molecule has 0 aliphatic carbocycles. The van der Waals surface area contributed by atoms with Gasteiger partial charge in [0, 0.05) is 5.56 Å². The average Bonchev–Trinajstić information content (AvgIpc) is 3.07. The Hall–Kier alpha value is -3.76. The second-order valence-corrected chi connectivity index (χ2v) is 5.54. The van der Waals surface area contributed by atoms with Crippen LogP contribution in [0.5, 0.6) is 0 Å². The topological polar surface area (TPSA) is 108 Å². The molecule has 0 amide bonds. The summed E-state index contributed by atoms with van der Waals surface area (Å²) < 4.78 is 12.6. The summed E-state index contributed by atoms with van der Waals surface area (Å²) in [6, 6.07) is 15.2. The number of nitrogens with zero attached hydrogens (tertiary/aromatic N) is 5. The van der Waals surface area contributed by atoms with E-state index in [0.29, 0.717) is 16.5 Å². The van der Waals surface area contributed by atoms with E-state index in [1.54, 1.807) is 11.5 Å². The number of hydrogen-bond donors (Lipinski definition) is 0. The number of imidazole rings is 1. The van der Waals surface area contributed by atoms with E-state index in [2.05, 4.69) is 11.1 Å². The molecule has 1 heterocycles. The maximum atomic E-state index is 9.48. The Bertz CT molecular complexity index is 990. The van der Waals surface area contributed by atoms with Gasteiger partial charge >= 0.3 is 0 Å². The average molecular weight is 361 g/mol. The van der Waals surface area contributed by atoms with Crippen LogP contribution < -0.4 is 10.7 Å². The van der Waals surface area contributed by atoms with E-state index in [-0.39, 0.29) is 26.1 Å². The van der Waals surface area contributed by atoms with Gasteiger partial charge in [-0.05, 0) is 6.92 Å². The van der Waals surface area contributed by atoms with Gasteiger partial charge in [-0.1, -0.05) is 30.3 Å². The fraction of sp³-hybridized carbons (Fsp3) is 0.300. The van der Waals surface area contributed by atoms with Crippen LogP contribution in [0.15, 0.2) is 30.3 Å². The predicted molar refractivity (Wildman–Crippen MR) is 98.5 cm³/mol. The predicted octanol–water partition coefficient (Wildman–Crippen LogP) is 1.97. The summed E-state index contributed by atoms with van der Waals surface area (Å²) in [5.41, 5.74) is 0.850. The zero-order valence-electron chi connectivity index (χ0n) is 15.0. The summed E-state index contributed by atoms with van der Waals surface area (Å²) in [6.07, 6.45) is 3.46. The summed E-state index contributed by atoms with van der Waals surface area (Å²) in [4.78, 5) is 4.62. The SMILES string of the molecule is CC(C#N)n1c(-c2ccccc2)nc(=COCCC#N)c1=COCCC#N. The molecule has 136 valence electrons. The molecule has 0 bridgehead atoms. The summed E-state index contributed by atoms with van der Waals surface area (Å²) in [7, 11) is 0. The number of ether oxygens (including phenoxy) is 2. The lowest BCUT2D eigenvalue weighted by Gasteiger charge is -2.10. The smallest absolute Gasteiger partial charge is 0.142 e. The molecular weight excluding hydrogens is 342 g/mol. The van der Waals surface area contributed by atoms with Gasteiger partial charge in [-0.2, -0.15) is 15.8 Å². The van der Waals surface area contributed by atoms with E-state index in [0.717, 1.165) is 5.56 Å². The second-order valence-electron chi connectivity index (χ2n) is 5.54. The minimum absolute atomic E-state index is 0.234. The Morgan fingerprint density at radius 2 is 1.67 bits per heavy atom. The van der Waals surface area contributed by atoms with E-state index in [9.17, 15) is 5.26 Å². The molecule has 0 saturated carbocycles. The number of aromatic nitrogens is 2. The highest BCUT2D eigenvalue weighted by atomic mass is 16.5. The van der Waals surface area contributed by atoms with Gasteiger partial charge in [0.2, 0.25) is 0 Å². The molecule has 2 aromatic rings. The van der Waals surface area contributed by atoms with Crippen molar-refractivity contribution < 1.29 is 9.47 Å². The first-order valence-corrected chi connectivity index (χ1v) is 8.43.